The van der Waals surface area contributed by atoms with E-state index in [9.17, 15) is 0 Å². The molecule has 0 radical (unpaired) electrons. The van der Waals surface area contributed by atoms with Crippen molar-refractivity contribution in [3.8, 4) is 0 Å². The highest BCUT2D eigenvalue weighted by molar-refractivity contribution is 9.10. The first-order chi connectivity index (χ1) is 10.7. The first-order valence-corrected chi connectivity index (χ1v) is 9.49. The summed E-state index contributed by atoms with van der Waals surface area (Å²) in [4.78, 5) is 4.70. The van der Waals surface area contributed by atoms with E-state index in [1.165, 1.54) is 34.5 Å². The minimum atomic E-state index is 0.811. The molecule has 114 valence electrons. The summed E-state index contributed by atoms with van der Waals surface area (Å²) in [6.07, 6.45) is 5.87. The molecule has 2 aromatic carbocycles. The number of aromatic nitrogens is 1. The maximum absolute atomic E-state index is 5.90. The molecule has 0 fully saturated rings. The molecule has 1 nitrogen and oxygen atoms in total. The Hall–Kier alpha value is -0.900. The largest absolute Gasteiger partial charge is 0.241 e. The van der Waals surface area contributed by atoms with E-state index in [-0.39, 0.29) is 0 Å². The second kappa shape index (κ2) is 7.58. The summed E-state index contributed by atoms with van der Waals surface area (Å²) >= 11 is 11.2. The van der Waals surface area contributed by atoms with Crippen molar-refractivity contribution in [2.75, 3.05) is 0 Å². The Kier molecular flexibility index (Phi) is 5.51. The normalized spacial score (nSPS) is 11.2. The maximum Gasteiger partial charge on any atom is 0.0938 e. The number of hydrogen-bond acceptors (Lipinski definition) is 2. The van der Waals surface area contributed by atoms with Crippen LogP contribution in [0.15, 0.2) is 46.9 Å². The third-order valence-electron chi connectivity index (χ3n) is 3.66. The van der Waals surface area contributed by atoms with Crippen LogP contribution in [0.5, 0.6) is 0 Å². The predicted octanol–water partition coefficient (Wildman–Crippen LogP) is 6.67. The molecule has 0 saturated heterocycles. The van der Waals surface area contributed by atoms with Gasteiger partial charge in [0.25, 0.3) is 0 Å². The lowest BCUT2D eigenvalue weighted by atomic mass is 10.1. The Morgan fingerprint density at radius 2 is 1.73 bits per heavy atom. The van der Waals surface area contributed by atoms with E-state index in [2.05, 4.69) is 46.3 Å². The van der Waals surface area contributed by atoms with Crippen LogP contribution < -0.4 is 0 Å². The number of rotatable bonds is 6. The van der Waals surface area contributed by atoms with Crippen LogP contribution in [0.4, 0.5) is 0 Å². The van der Waals surface area contributed by atoms with Gasteiger partial charge in [-0.3, -0.25) is 0 Å². The van der Waals surface area contributed by atoms with Gasteiger partial charge in [0.15, 0.2) is 0 Å². The average Bonchev–Trinajstić information content (AvgIpc) is 2.90. The van der Waals surface area contributed by atoms with Crippen LogP contribution in [0, 0.1) is 0 Å². The molecule has 0 N–H and O–H groups in total. The summed E-state index contributed by atoms with van der Waals surface area (Å²) in [7, 11) is 0. The van der Waals surface area contributed by atoms with Crippen molar-refractivity contribution in [3.05, 3.63) is 62.5 Å². The molecule has 0 aliphatic heterocycles. The van der Waals surface area contributed by atoms with Crippen molar-refractivity contribution in [2.24, 2.45) is 0 Å². The molecule has 4 heteroatoms. The van der Waals surface area contributed by atoms with Gasteiger partial charge >= 0.3 is 0 Å². The molecule has 0 atom stereocenters. The number of halogens is 2. The van der Waals surface area contributed by atoms with Crippen LogP contribution in [-0.4, -0.2) is 4.98 Å². The number of benzene rings is 2. The molecular weight excluding hydrogens is 378 g/mol. The highest BCUT2D eigenvalue weighted by atomic mass is 79.9. The molecule has 1 aromatic heterocycles. The number of aryl methyl sites for hydroxylation is 2. The second-order valence-corrected chi connectivity index (χ2v) is 7.87. The van der Waals surface area contributed by atoms with Gasteiger partial charge < -0.3 is 0 Å². The van der Waals surface area contributed by atoms with Crippen LogP contribution in [-0.2, 0) is 12.8 Å². The number of fused-ring (bicyclic) bond motifs is 1. The molecular formula is C18H17BrClNS. The summed E-state index contributed by atoms with van der Waals surface area (Å²) in [5, 5.41) is 2.06. The van der Waals surface area contributed by atoms with E-state index < -0.39 is 0 Å². The molecule has 22 heavy (non-hydrogen) atoms. The summed E-state index contributed by atoms with van der Waals surface area (Å²) in [6.45, 7) is 0. The Bertz CT molecular complexity index is 751. The summed E-state index contributed by atoms with van der Waals surface area (Å²) in [6, 6.07) is 14.5. The Balaban J connectivity index is 1.45. The van der Waals surface area contributed by atoms with Crippen molar-refractivity contribution in [1.29, 1.82) is 0 Å². The number of thiazole rings is 1. The van der Waals surface area contributed by atoms with Gasteiger partial charge in [0.05, 0.1) is 15.2 Å². The topological polar surface area (TPSA) is 12.9 Å². The molecule has 1 heterocycles. The Morgan fingerprint density at radius 1 is 0.955 bits per heavy atom. The highest BCUT2D eigenvalue weighted by Crippen LogP contribution is 2.26. The lowest BCUT2D eigenvalue weighted by Gasteiger charge is -2.01. The third kappa shape index (κ3) is 4.31. The number of hydrogen-bond donors (Lipinski definition) is 0. The lowest BCUT2D eigenvalue weighted by molar-refractivity contribution is 0.677. The fraction of sp³-hybridized carbons (Fsp3) is 0.278. The smallest absolute Gasteiger partial charge is 0.0938 e. The van der Waals surface area contributed by atoms with E-state index in [4.69, 9.17) is 16.6 Å². The first-order valence-electron chi connectivity index (χ1n) is 7.50. The minimum absolute atomic E-state index is 0.811. The molecule has 0 unspecified atom stereocenters. The van der Waals surface area contributed by atoms with E-state index in [1.807, 2.05) is 23.5 Å². The van der Waals surface area contributed by atoms with Gasteiger partial charge in [0, 0.05) is 9.50 Å². The Labute approximate surface area is 148 Å². The zero-order valence-electron chi connectivity index (χ0n) is 12.2. The zero-order chi connectivity index (χ0) is 15.4. The van der Waals surface area contributed by atoms with Crippen molar-refractivity contribution < 1.29 is 0 Å². The summed E-state index contributed by atoms with van der Waals surface area (Å²) < 4.78 is 2.39. The van der Waals surface area contributed by atoms with Gasteiger partial charge in [-0.25, -0.2) is 4.98 Å². The van der Waals surface area contributed by atoms with E-state index in [0.717, 1.165) is 27.9 Å². The van der Waals surface area contributed by atoms with Gasteiger partial charge in [0.2, 0.25) is 0 Å². The van der Waals surface area contributed by atoms with Crippen LogP contribution in [0.1, 0.15) is 29.8 Å². The minimum Gasteiger partial charge on any atom is -0.241 e. The summed E-state index contributed by atoms with van der Waals surface area (Å²) in [5.41, 5.74) is 2.48. The van der Waals surface area contributed by atoms with Gasteiger partial charge in [-0.15, -0.1) is 11.3 Å². The van der Waals surface area contributed by atoms with Crippen molar-refractivity contribution in [3.63, 3.8) is 0 Å². The van der Waals surface area contributed by atoms with Crippen LogP contribution in [0.25, 0.3) is 10.2 Å². The highest BCUT2D eigenvalue weighted by Gasteiger charge is 2.04. The monoisotopic (exact) mass is 393 g/mol. The van der Waals surface area contributed by atoms with Crippen molar-refractivity contribution >= 4 is 49.1 Å². The lowest BCUT2D eigenvalue weighted by Crippen LogP contribution is -1.88. The predicted molar refractivity (Wildman–Crippen MR) is 100 cm³/mol. The second-order valence-electron chi connectivity index (χ2n) is 5.41. The molecule has 0 spiro atoms. The zero-order valence-corrected chi connectivity index (χ0v) is 15.3. The quantitative estimate of drug-likeness (QED) is 0.425. The molecule has 0 aliphatic carbocycles. The molecule has 3 rings (SSSR count). The van der Waals surface area contributed by atoms with Gasteiger partial charge in [-0.2, -0.15) is 0 Å². The molecule has 3 aromatic rings. The van der Waals surface area contributed by atoms with E-state index in [1.54, 1.807) is 0 Å². The van der Waals surface area contributed by atoms with Crippen molar-refractivity contribution in [2.45, 2.75) is 32.1 Å². The van der Waals surface area contributed by atoms with Gasteiger partial charge in [0.1, 0.15) is 0 Å². The number of unbranched alkanes of at least 4 members (excludes halogenated alkanes) is 2. The van der Waals surface area contributed by atoms with Crippen LogP contribution in [0.3, 0.4) is 0 Å². The fourth-order valence-electron chi connectivity index (χ4n) is 2.49. The van der Waals surface area contributed by atoms with E-state index >= 15 is 0 Å². The number of nitrogens with zero attached hydrogens (tertiary/aromatic N) is 1. The molecule has 0 amide bonds. The summed E-state index contributed by atoms with van der Waals surface area (Å²) in [5.74, 6) is 0. The first kappa shape index (κ1) is 16.0. The third-order valence-corrected chi connectivity index (χ3v) is 5.49. The van der Waals surface area contributed by atoms with Gasteiger partial charge in [-0.05, 0) is 61.6 Å². The van der Waals surface area contributed by atoms with Crippen molar-refractivity contribution in [1.82, 2.24) is 4.98 Å². The molecule has 0 saturated carbocycles. The van der Waals surface area contributed by atoms with Gasteiger partial charge in [-0.1, -0.05) is 46.1 Å². The SMILES string of the molecule is Clc1ccc(CCCCCc2nc3ccc(Br)cc3s2)cc1. The fourth-order valence-corrected chi connectivity index (χ4v) is 4.17. The molecule has 0 bridgehead atoms. The van der Waals surface area contributed by atoms with Crippen LogP contribution >= 0.6 is 38.9 Å². The van der Waals surface area contributed by atoms with Crippen LogP contribution in [0.2, 0.25) is 5.02 Å². The molecule has 0 aliphatic rings. The standard InChI is InChI=1S/C18H17BrClNS/c19-14-8-11-16-17(12-14)22-18(21-16)5-3-1-2-4-13-6-9-15(20)10-7-13/h6-12H,1-5H2. The Morgan fingerprint density at radius 3 is 2.55 bits per heavy atom. The maximum atomic E-state index is 5.90. The van der Waals surface area contributed by atoms with E-state index in [0.29, 0.717) is 0 Å². The average molecular weight is 395 g/mol.